The Bertz CT molecular complexity index is 426. The van der Waals surface area contributed by atoms with E-state index in [-0.39, 0.29) is 5.69 Å². The second-order valence-electron chi connectivity index (χ2n) is 2.64. The first-order chi connectivity index (χ1) is 6.27. The second kappa shape index (κ2) is 3.09. The summed E-state index contributed by atoms with van der Waals surface area (Å²) in [7, 11) is 0. The Labute approximate surface area is 74.0 Å². The number of rotatable bonds is 1. The van der Waals surface area contributed by atoms with Gasteiger partial charge in [0.05, 0.1) is 5.52 Å². The maximum atomic E-state index is 12.2. The Hall–Kier alpha value is -1.51. The van der Waals surface area contributed by atoms with E-state index in [1.807, 2.05) is 0 Å². The van der Waals surface area contributed by atoms with Crippen molar-refractivity contribution < 1.29 is 8.78 Å². The molecule has 2 aromatic rings. The van der Waals surface area contributed by atoms with Crippen LogP contribution < -0.4 is 0 Å². The maximum Gasteiger partial charge on any atom is 0.280 e. The van der Waals surface area contributed by atoms with Gasteiger partial charge in [-0.2, -0.15) is 0 Å². The number of alkyl halides is 2. The second-order valence-corrected chi connectivity index (χ2v) is 2.64. The van der Waals surface area contributed by atoms with Gasteiger partial charge >= 0.3 is 0 Å². The molecule has 0 saturated carbocycles. The van der Waals surface area contributed by atoms with E-state index in [2.05, 4.69) is 11.1 Å². The predicted octanol–water partition coefficient (Wildman–Crippen LogP) is 2.97. The van der Waals surface area contributed by atoms with Crippen molar-refractivity contribution in [3.8, 4) is 0 Å². The van der Waals surface area contributed by atoms with Crippen LogP contribution in [0.4, 0.5) is 8.78 Å². The van der Waals surface area contributed by atoms with Crippen molar-refractivity contribution in [1.82, 2.24) is 4.98 Å². The standard InChI is InChI=1S/C10H6F2N/c11-10(12)9-6-5-7-3-1-2-4-8(7)13-9/h1-2,4-6,10H. The lowest BCUT2D eigenvalue weighted by atomic mass is 10.2. The van der Waals surface area contributed by atoms with Crippen LogP contribution in [0.15, 0.2) is 30.3 Å². The molecule has 65 valence electrons. The van der Waals surface area contributed by atoms with E-state index in [9.17, 15) is 8.78 Å². The zero-order valence-electron chi connectivity index (χ0n) is 6.67. The molecule has 0 amide bonds. The summed E-state index contributed by atoms with van der Waals surface area (Å²) in [6, 6.07) is 11.0. The van der Waals surface area contributed by atoms with Crippen molar-refractivity contribution in [3.63, 3.8) is 0 Å². The van der Waals surface area contributed by atoms with Gasteiger partial charge in [-0.25, -0.2) is 13.8 Å². The van der Waals surface area contributed by atoms with Crippen molar-refractivity contribution in [1.29, 1.82) is 0 Å². The summed E-state index contributed by atoms with van der Waals surface area (Å²) in [6.45, 7) is 0. The highest BCUT2D eigenvalue weighted by atomic mass is 19.3. The summed E-state index contributed by atoms with van der Waals surface area (Å²) in [5.74, 6) is 0. The van der Waals surface area contributed by atoms with E-state index in [1.165, 1.54) is 6.07 Å². The van der Waals surface area contributed by atoms with E-state index in [1.54, 1.807) is 24.3 Å². The molecule has 13 heavy (non-hydrogen) atoms. The van der Waals surface area contributed by atoms with Gasteiger partial charge in [-0.05, 0) is 18.2 Å². The van der Waals surface area contributed by atoms with Crippen LogP contribution >= 0.6 is 0 Å². The highest BCUT2D eigenvalue weighted by Gasteiger charge is 2.08. The van der Waals surface area contributed by atoms with Crippen LogP contribution in [-0.4, -0.2) is 4.98 Å². The first-order valence-electron chi connectivity index (χ1n) is 3.83. The van der Waals surface area contributed by atoms with E-state index in [4.69, 9.17) is 0 Å². The number of fused-ring (bicyclic) bond motifs is 1. The highest BCUT2D eigenvalue weighted by molar-refractivity contribution is 5.77. The van der Waals surface area contributed by atoms with Gasteiger partial charge in [-0.1, -0.05) is 18.2 Å². The first-order valence-corrected chi connectivity index (χ1v) is 3.83. The molecule has 0 saturated heterocycles. The molecule has 0 N–H and O–H groups in total. The number of aromatic nitrogens is 1. The SMILES string of the molecule is FC(F)c1ccc2[c]cccc2n1. The zero-order chi connectivity index (χ0) is 9.26. The average Bonchev–Trinajstić information content (AvgIpc) is 2.17. The number of hydrogen-bond donors (Lipinski definition) is 0. The lowest BCUT2D eigenvalue weighted by molar-refractivity contribution is 0.146. The van der Waals surface area contributed by atoms with Crippen molar-refractivity contribution >= 4 is 10.9 Å². The summed E-state index contributed by atoms with van der Waals surface area (Å²) in [6.07, 6.45) is -2.51. The van der Waals surface area contributed by atoms with Crippen molar-refractivity contribution in [2.45, 2.75) is 6.43 Å². The Morgan fingerprint density at radius 2 is 2.08 bits per heavy atom. The summed E-state index contributed by atoms with van der Waals surface area (Å²) in [5.41, 5.74) is 0.368. The molecule has 1 nitrogen and oxygen atoms in total. The Morgan fingerprint density at radius 1 is 1.23 bits per heavy atom. The lowest BCUT2D eigenvalue weighted by Gasteiger charge is -2.00. The number of hydrogen-bond acceptors (Lipinski definition) is 1. The van der Waals surface area contributed by atoms with Gasteiger partial charge in [0.15, 0.2) is 0 Å². The minimum absolute atomic E-state index is 0.188. The Morgan fingerprint density at radius 3 is 2.85 bits per heavy atom. The van der Waals surface area contributed by atoms with Gasteiger partial charge in [0, 0.05) is 5.39 Å². The Kier molecular flexibility index (Phi) is 1.93. The molecule has 0 aliphatic carbocycles. The minimum atomic E-state index is -2.51. The number of pyridine rings is 1. The van der Waals surface area contributed by atoms with Gasteiger partial charge in [0.1, 0.15) is 5.69 Å². The molecular weight excluding hydrogens is 172 g/mol. The molecule has 1 heterocycles. The summed E-state index contributed by atoms with van der Waals surface area (Å²) in [4.78, 5) is 3.79. The molecule has 1 radical (unpaired) electrons. The molecule has 0 aliphatic heterocycles. The van der Waals surface area contributed by atoms with Crippen LogP contribution in [0, 0.1) is 6.07 Å². The van der Waals surface area contributed by atoms with Crippen LogP contribution in [0.5, 0.6) is 0 Å². The van der Waals surface area contributed by atoms with Crippen LogP contribution in [0.2, 0.25) is 0 Å². The third-order valence-electron chi connectivity index (χ3n) is 1.76. The van der Waals surface area contributed by atoms with E-state index < -0.39 is 6.43 Å². The topological polar surface area (TPSA) is 12.9 Å². The smallest absolute Gasteiger partial charge is 0.247 e. The summed E-state index contributed by atoms with van der Waals surface area (Å²) >= 11 is 0. The van der Waals surface area contributed by atoms with Crippen molar-refractivity contribution in [2.75, 3.05) is 0 Å². The van der Waals surface area contributed by atoms with Crippen LogP contribution in [0.25, 0.3) is 10.9 Å². The number of halogens is 2. The fraction of sp³-hybridized carbons (Fsp3) is 0.100. The molecule has 1 aromatic carbocycles. The number of nitrogens with zero attached hydrogens (tertiary/aromatic N) is 1. The maximum absolute atomic E-state index is 12.2. The third kappa shape index (κ3) is 1.49. The molecule has 0 fully saturated rings. The van der Waals surface area contributed by atoms with E-state index in [0.29, 0.717) is 5.52 Å². The molecule has 3 heteroatoms. The number of benzene rings is 1. The monoisotopic (exact) mass is 178 g/mol. The van der Waals surface area contributed by atoms with Gasteiger partial charge in [0.25, 0.3) is 6.43 Å². The van der Waals surface area contributed by atoms with Gasteiger partial charge in [-0.3, -0.25) is 0 Å². The highest BCUT2D eigenvalue weighted by Crippen LogP contribution is 2.19. The van der Waals surface area contributed by atoms with Gasteiger partial charge in [0.2, 0.25) is 0 Å². The molecule has 0 spiro atoms. The van der Waals surface area contributed by atoms with E-state index in [0.717, 1.165) is 5.39 Å². The van der Waals surface area contributed by atoms with Crippen LogP contribution in [-0.2, 0) is 0 Å². The van der Waals surface area contributed by atoms with Crippen molar-refractivity contribution in [2.24, 2.45) is 0 Å². The van der Waals surface area contributed by atoms with Crippen LogP contribution in [0.1, 0.15) is 12.1 Å². The molecule has 1 aromatic heterocycles. The summed E-state index contributed by atoms with van der Waals surface area (Å²) in [5, 5.41) is 0.756. The Balaban J connectivity index is 2.62. The normalized spacial score (nSPS) is 11.0. The molecule has 0 unspecified atom stereocenters. The molecule has 2 rings (SSSR count). The fourth-order valence-corrected chi connectivity index (χ4v) is 1.14. The quantitative estimate of drug-likeness (QED) is 0.654. The zero-order valence-corrected chi connectivity index (χ0v) is 6.67. The minimum Gasteiger partial charge on any atom is -0.247 e. The molecule has 0 bridgehead atoms. The lowest BCUT2D eigenvalue weighted by Crippen LogP contribution is -1.89. The van der Waals surface area contributed by atoms with Gasteiger partial charge < -0.3 is 0 Å². The van der Waals surface area contributed by atoms with Crippen molar-refractivity contribution in [3.05, 3.63) is 42.1 Å². The average molecular weight is 178 g/mol. The molecule has 0 atom stereocenters. The summed E-state index contributed by atoms with van der Waals surface area (Å²) < 4.78 is 24.4. The fourth-order valence-electron chi connectivity index (χ4n) is 1.14. The largest absolute Gasteiger partial charge is 0.280 e. The van der Waals surface area contributed by atoms with Gasteiger partial charge in [-0.15, -0.1) is 0 Å². The predicted molar refractivity (Wildman–Crippen MR) is 45.5 cm³/mol. The third-order valence-corrected chi connectivity index (χ3v) is 1.76. The first kappa shape index (κ1) is 8.10. The van der Waals surface area contributed by atoms with Crippen LogP contribution in [0.3, 0.4) is 0 Å². The van der Waals surface area contributed by atoms with E-state index >= 15 is 0 Å². The molecular formula is C10H6F2N. The molecule has 0 aliphatic rings.